The lowest BCUT2D eigenvalue weighted by atomic mass is 10.2. The quantitative estimate of drug-likeness (QED) is 0.382. The Kier molecular flexibility index (Phi) is 6.90. The summed E-state index contributed by atoms with van der Waals surface area (Å²) in [4.78, 5) is 22.8. The molecule has 0 bridgehead atoms. The van der Waals surface area contributed by atoms with Crippen molar-refractivity contribution in [2.45, 2.75) is 26.6 Å². The first-order chi connectivity index (χ1) is 15.9. The number of halogens is 2. The maximum absolute atomic E-state index is 13.2. The lowest BCUT2D eigenvalue weighted by molar-refractivity contribution is -0.687. The minimum Gasteiger partial charge on any atom is -0.465 e. The second kappa shape index (κ2) is 10.0. The summed E-state index contributed by atoms with van der Waals surface area (Å²) < 4.78 is 31.3. The number of esters is 1. The minimum absolute atomic E-state index is 0.265. The fraction of sp³-hybridized carbons (Fsp3) is 0.208. The molecule has 0 aliphatic carbocycles. The summed E-state index contributed by atoms with van der Waals surface area (Å²) in [5, 5.41) is 6.11. The second-order valence-corrected chi connectivity index (χ2v) is 8.52. The number of rotatable bonds is 8. The monoisotopic (exact) mass is 469 g/mol. The molecule has 9 heteroatoms. The summed E-state index contributed by atoms with van der Waals surface area (Å²) >= 11 is 1.27. The largest absolute Gasteiger partial charge is 0.465 e. The molecule has 4 rings (SSSR count). The predicted molar refractivity (Wildman–Crippen MR) is 123 cm³/mol. The molecular formula is C24H23F2N4O2S+. The van der Waals surface area contributed by atoms with Gasteiger partial charge in [0.05, 0.1) is 12.5 Å². The molecule has 2 aromatic heterocycles. The van der Waals surface area contributed by atoms with Gasteiger partial charge in [0.15, 0.2) is 5.82 Å². The van der Waals surface area contributed by atoms with Gasteiger partial charge in [0.1, 0.15) is 40.2 Å². The molecule has 170 valence electrons. The number of benzene rings is 2. The number of methoxy groups -OCH3 is 1. The number of carbonyl (C=O) groups excluding carboxylic acids is 1. The maximum Gasteiger partial charge on any atom is 0.348 e. The van der Waals surface area contributed by atoms with E-state index in [-0.39, 0.29) is 11.6 Å². The summed E-state index contributed by atoms with van der Waals surface area (Å²) in [5.41, 5.74) is 2.64. The molecule has 2 aromatic carbocycles. The Balaban J connectivity index is 1.60. The van der Waals surface area contributed by atoms with Gasteiger partial charge < -0.3 is 15.4 Å². The van der Waals surface area contributed by atoms with E-state index in [1.54, 1.807) is 24.3 Å². The standard InChI is InChI=1S/C24H22F2N4O2S/c1-14-20-22(28-12-16-5-9-18(26)10-6-16)29-19(30-23(20)33-21(14)24(31)32-2)13-27-11-15-3-7-17(25)8-4-15/h3-10,27H,11-13H2,1-2H3,(H,28,29,30)/p+1. The number of hydrogen-bond donors (Lipinski definition) is 2. The number of aryl methyl sites for hydroxylation is 1. The number of hydrogen-bond acceptors (Lipinski definition) is 6. The Bertz CT molecular complexity index is 1270. The van der Waals surface area contributed by atoms with Gasteiger partial charge in [0, 0.05) is 12.1 Å². The van der Waals surface area contributed by atoms with E-state index in [0.29, 0.717) is 41.0 Å². The van der Waals surface area contributed by atoms with Crippen molar-refractivity contribution < 1.29 is 23.6 Å². The minimum atomic E-state index is -0.413. The lowest BCUT2D eigenvalue weighted by Crippen LogP contribution is -2.81. The molecule has 3 N–H and O–H groups in total. The highest BCUT2D eigenvalue weighted by atomic mass is 32.1. The second-order valence-electron chi connectivity index (χ2n) is 7.52. The highest BCUT2D eigenvalue weighted by Crippen LogP contribution is 2.34. The van der Waals surface area contributed by atoms with Crippen molar-refractivity contribution in [3.8, 4) is 0 Å². The molecule has 0 radical (unpaired) electrons. The van der Waals surface area contributed by atoms with Gasteiger partial charge in [0.25, 0.3) is 0 Å². The van der Waals surface area contributed by atoms with E-state index in [1.165, 1.54) is 42.7 Å². The van der Waals surface area contributed by atoms with Gasteiger partial charge in [0.2, 0.25) is 0 Å². The van der Waals surface area contributed by atoms with Crippen LogP contribution in [-0.4, -0.2) is 23.0 Å². The molecule has 0 spiro atoms. The molecule has 33 heavy (non-hydrogen) atoms. The van der Waals surface area contributed by atoms with Crippen LogP contribution in [0.5, 0.6) is 0 Å². The summed E-state index contributed by atoms with van der Waals surface area (Å²) in [6, 6.07) is 12.6. The molecule has 0 atom stereocenters. The average molecular weight is 470 g/mol. The molecule has 4 aromatic rings. The van der Waals surface area contributed by atoms with E-state index >= 15 is 0 Å². The number of nitrogens with one attached hydrogen (secondary N) is 1. The van der Waals surface area contributed by atoms with Crippen molar-refractivity contribution in [2.75, 3.05) is 12.4 Å². The van der Waals surface area contributed by atoms with Gasteiger partial charge >= 0.3 is 5.97 Å². The van der Waals surface area contributed by atoms with Crippen molar-refractivity contribution in [1.29, 1.82) is 0 Å². The molecule has 0 saturated carbocycles. The lowest BCUT2D eigenvalue weighted by Gasteiger charge is -2.10. The maximum atomic E-state index is 13.2. The zero-order valence-corrected chi connectivity index (χ0v) is 19.0. The Morgan fingerprint density at radius 1 is 1.00 bits per heavy atom. The van der Waals surface area contributed by atoms with Crippen LogP contribution in [0.4, 0.5) is 14.6 Å². The van der Waals surface area contributed by atoms with Gasteiger partial charge in [-0.1, -0.05) is 24.3 Å². The van der Waals surface area contributed by atoms with E-state index in [2.05, 4.69) is 10.3 Å². The van der Waals surface area contributed by atoms with E-state index < -0.39 is 5.97 Å². The molecule has 2 heterocycles. The fourth-order valence-electron chi connectivity index (χ4n) is 3.47. The zero-order chi connectivity index (χ0) is 23.4. The molecule has 0 aliphatic heterocycles. The zero-order valence-electron chi connectivity index (χ0n) is 18.2. The van der Waals surface area contributed by atoms with Crippen LogP contribution in [0.15, 0.2) is 48.5 Å². The normalized spacial score (nSPS) is 11.0. The van der Waals surface area contributed by atoms with Gasteiger partial charge in [-0.05, 0) is 42.3 Å². The Hall–Kier alpha value is -3.43. The number of thiophene rings is 1. The molecule has 6 nitrogen and oxygen atoms in total. The van der Waals surface area contributed by atoms with Crippen molar-refractivity contribution >= 4 is 33.3 Å². The molecular weight excluding hydrogens is 446 g/mol. The van der Waals surface area contributed by atoms with Crippen LogP contribution in [0, 0.1) is 18.6 Å². The SMILES string of the molecule is COC(=O)c1sc2nc(C[NH2+]Cc3ccc(F)cc3)nc(NCc3ccc(F)cc3)c2c1C. The summed E-state index contributed by atoms with van der Waals surface area (Å²) in [6.45, 7) is 3.44. The number of anilines is 1. The molecule has 0 aliphatic rings. The average Bonchev–Trinajstić information content (AvgIpc) is 3.15. The first-order valence-corrected chi connectivity index (χ1v) is 11.2. The van der Waals surface area contributed by atoms with E-state index in [4.69, 9.17) is 9.72 Å². The Morgan fingerprint density at radius 2 is 1.64 bits per heavy atom. The van der Waals surface area contributed by atoms with Gasteiger partial charge in [-0.3, -0.25) is 0 Å². The van der Waals surface area contributed by atoms with Crippen LogP contribution in [0.1, 0.15) is 32.2 Å². The van der Waals surface area contributed by atoms with Crippen molar-refractivity contribution in [1.82, 2.24) is 9.97 Å². The number of aromatic nitrogens is 2. The van der Waals surface area contributed by atoms with Crippen LogP contribution in [0.25, 0.3) is 10.2 Å². The first kappa shape index (κ1) is 22.8. The van der Waals surface area contributed by atoms with E-state index in [1.807, 2.05) is 12.2 Å². The van der Waals surface area contributed by atoms with Crippen LogP contribution in [0.3, 0.4) is 0 Å². The van der Waals surface area contributed by atoms with Crippen molar-refractivity contribution in [3.63, 3.8) is 0 Å². The molecule has 0 amide bonds. The van der Waals surface area contributed by atoms with Gasteiger partial charge in [-0.25, -0.2) is 23.5 Å². The number of quaternary nitrogens is 1. The predicted octanol–water partition coefficient (Wildman–Crippen LogP) is 3.94. The number of fused-ring (bicyclic) bond motifs is 1. The third-order valence-corrected chi connectivity index (χ3v) is 6.37. The van der Waals surface area contributed by atoms with Crippen LogP contribution in [-0.2, 0) is 24.4 Å². The fourth-order valence-corrected chi connectivity index (χ4v) is 4.58. The van der Waals surface area contributed by atoms with E-state index in [0.717, 1.165) is 22.1 Å². The van der Waals surface area contributed by atoms with Gasteiger partial charge in [-0.2, -0.15) is 0 Å². The number of ether oxygens (including phenoxy) is 1. The third-order valence-electron chi connectivity index (χ3n) is 5.20. The van der Waals surface area contributed by atoms with Crippen molar-refractivity contribution in [2.24, 2.45) is 0 Å². The third kappa shape index (κ3) is 5.32. The molecule has 0 fully saturated rings. The highest BCUT2D eigenvalue weighted by Gasteiger charge is 2.21. The smallest absolute Gasteiger partial charge is 0.348 e. The topological polar surface area (TPSA) is 80.7 Å². The van der Waals surface area contributed by atoms with Crippen molar-refractivity contribution in [3.05, 3.63) is 87.6 Å². The number of carbonyl (C=O) groups is 1. The first-order valence-electron chi connectivity index (χ1n) is 10.4. The Morgan fingerprint density at radius 3 is 2.27 bits per heavy atom. The highest BCUT2D eigenvalue weighted by molar-refractivity contribution is 7.20. The Labute approximate surface area is 193 Å². The molecule has 0 saturated heterocycles. The summed E-state index contributed by atoms with van der Waals surface area (Å²) in [6.07, 6.45) is 0. The summed E-state index contributed by atoms with van der Waals surface area (Å²) in [5.74, 6) is 0.240. The van der Waals surface area contributed by atoms with Crippen LogP contribution >= 0.6 is 11.3 Å². The van der Waals surface area contributed by atoms with Crippen LogP contribution in [0.2, 0.25) is 0 Å². The van der Waals surface area contributed by atoms with Gasteiger partial charge in [-0.15, -0.1) is 11.3 Å². The summed E-state index contributed by atoms with van der Waals surface area (Å²) in [7, 11) is 1.35. The van der Waals surface area contributed by atoms with E-state index in [9.17, 15) is 13.6 Å². The van der Waals surface area contributed by atoms with Crippen LogP contribution < -0.4 is 10.6 Å². The number of nitrogens with zero attached hydrogens (tertiary/aromatic N) is 2. The number of nitrogens with two attached hydrogens (primary N) is 1. The molecule has 0 unspecified atom stereocenters.